The Bertz CT molecular complexity index is 968. The van der Waals surface area contributed by atoms with Gasteiger partial charge in [-0.25, -0.2) is 4.79 Å². The number of rotatable bonds is 5. The number of benzene rings is 2. The minimum Gasteiger partial charge on any atom is -0.408 e. The monoisotopic (exact) mass is 361 g/mol. The van der Waals surface area contributed by atoms with Crippen LogP contribution in [0.1, 0.15) is 22.8 Å². The molecule has 0 fully saturated rings. The molecule has 0 radical (unpaired) electrons. The van der Waals surface area contributed by atoms with Gasteiger partial charge in [0, 0.05) is 17.3 Å². The van der Waals surface area contributed by atoms with Crippen molar-refractivity contribution in [3.05, 3.63) is 78.0 Å². The number of anilines is 1. The Labute approximate surface area is 157 Å². The molecular weight excluding hydrogens is 342 g/mol. The van der Waals surface area contributed by atoms with Crippen LogP contribution in [0, 0.1) is 0 Å². The van der Waals surface area contributed by atoms with E-state index in [1.54, 1.807) is 42.6 Å². The van der Waals surface area contributed by atoms with Crippen LogP contribution in [0.15, 0.2) is 66.9 Å². The topological polar surface area (TPSA) is 94.3 Å². The van der Waals surface area contributed by atoms with Crippen LogP contribution in [0.25, 0.3) is 11.3 Å². The molecule has 0 unspecified atom stereocenters. The van der Waals surface area contributed by atoms with Gasteiger partial charge in [-0.1, -0.05) is 37.3 Å². The van der Waals surface area contributed by atoms with Gasteiger partial charge in [-0.2, -0.15) is 0 Å². The lowest BCUT2D eigenvalue weighted by molar-refractivity contribution is 0.102. The molecule has 0 saturated carbocycles. The normalized spacial score (nSPS) is 10.3. The first-order valence-electron chi connectivity index (χ1n) is 8.50. The number of hydrogen-bond donors (Lipinski definition) is 2. The summed E-state index contributed by atoms with van der Waals surface area (Å²) >= 11 is 0. The van der Waals surface area contributed by atoms with Crippen molar-refractivity contribution in [3.63, 3.8) is 0 Å². The SMILES string of the molecule is CCc1cccnc1-c1ccc(C(=O)Nc2ccccc2OC(N)=O)cc1. The first-order chi connectivity index (χ1) is 13.1. The number of aromatic nitrogens is 1. The average Bonchev–Trinajstić information content (AvgIpc) is 2.69. The van der Waals surface area contributed by atoms with Crippen molar-refractivity contribution in [2.24, 2.45) is 5.73 Å². The summed E-state index contributed by atoms with van der Waals surface area (Å²) in [5.74, 6) is -0.130. The second-order valence-electron chi connectivity index (χ2n) is 5.81. The highest BCUT2D eigenvalue weighted by molar-refractivity contribution is 6.05. The Hall–Kier alpha value is -3.67. The Morgan fingerprint density at radius 2 is 1.78 bits per heavy atom. The molecule has 0 aliphatic rings. The number of nitrogens with zero attached hydrogens (tertiary/aromatic N) is 1. The lowest BCUT2D eigenvalue weighted by Gasteiger charge is -2.11. The highest BCUT2D eigenvalue weighted by atomic mass is 16.5. The van der Waals surface area contributed by atoms with Crippen molar-refractivity contribution in [1.29, 1.82) is 0 Å². The van der Waals surface area contributed by atoms with E-state index in [0.717, 1.165) is 23.2 Å². The maximum atomic E-state index is 12.5. The number of aryl methyl sites for hydroxylation is 1. The highest BCUT2D eigenvalue weighted by Crippen LogP contribution is 2.25. The summed E-state index contributed by atoms with van der Waals surface area (Å²) in [5, 5.41) is 2.73. The number of nitrogens with one attached hydrogen (secondary N) is 1. The second kappa shape index (κ2) is 8.14. The number of hydrogen-bond acceptors (Lipinski definition) is 4. The van der Waals surface area contributed by atoms with E-state index in [9.17, 15) is 9.59 Å². The number of carbonyl (C=O) groups is 2. The van der Waals surface area contributed by atoms with Gasteiger partial charge < -0.3 is 15.8 Å². The summed E-state index contributed by atoms with van der Waals surface area (Å²) in [6, 6.07) is 17.7. The van der Waals surface area contributed by atoms with Crippen molar-refractivity contribution in [2.75, 3.05) is 5.32 Å². The molecule has 0 aliphatic heterocycles. The maximum Gasteiger partial charge on any atom is 0.410 e. The van der Waals surface area contributed by atoms with Crippen LogP contribution < -0.4 is 15.8 Å². The number of amides is 2. The molecular formula is C21H19N3O3. The minimum atomic E-state index is -0.942. The van der Waals surface area contributed by atoms with Gasteiger partial charge >= 0.3 is 6.09 Å². The lowest BCUT2D eigenvalue weighted by atomic mass is 10.0. The van der Waals surface area contributed by atoms with Crippen molar-refractivity contribution in [1.82, 2.24) is 4.98 Å². The largest absolute Gasteiger partial charge is 0.410 e. The number of para-hydroxylation sites is 2. The average molecular weight is 361 g/mol. The molecule has 0 atom stereocenters. The minimum absolute atomic E-state index is 0.191. The van der Waals surface area contributed by atoms with Crippen LogP contribution in [0.2, 0.25) is 0 Å². The molecule has 2 amide bonds. The fourth-order valence-corrected chi connectivity index (χ4v) is 2.73. The molecule has 3 rings (SSSR count). The zero-order chi connectivity index (χ0) is 19.2. The predicted molar refractivity (Wildman–Crippen MR) is 104 cm³/mol. The first kappa shape index (κ1) is 18.1. The molecule has 1 heterocycles. The molecule has 0 bridgehead atoms. The van der Waals surface area contributed by atoms with Crippen molar-refractivity contribution >= 4 is 17.7 Å². The quantitative estimate of drug-likeness (QED) is 0.717. The third-order valence-electron chi connectivity index (χ3n) is 4.04. The van der Waals surface area contributed by atoms with Crippen molar-refractivity contribution < 1.29 is 14.3 Å². The molecule has 1 aromatic heterocycles. The van der Waals surface area contributed by atoms with Crippen LogP contribution in [-0.4, -0.2) is 17.0 Å². The first-order valence-corrected chi connectivity index (χ1v) is 8.50. The molecule has 6 heteroatoms. The molecule has 0 spiro atoms. The van der Waals surface area contributed by atoms with Crippen LogP contribution in [0.5, 0.6) is 5.75 Å². The third kappa shape index (κ3) is 4.30. The van der Waals surface area contributed by atoms with Crippen molar-refractivity contribution in [2.45, 2.75) is 13.3 Å². The number of primary amides is 1. The van der Waals surface area contributed by atoms with E-state index >= 15 is 0 Å². The van der Waals surface area contributed by atoms with Crippen molar-refractivity contribution in [3.8, 4) is 17.0 Å². The van der Waals surface area contributed by atoms with Gasteiger partial charge in [0.05, 0.1) is 11.4 Å². The summed E-state index contributed by atoms with van der Waals surface area (Å²) in [5.41, 5.74) is 8.89. The molecule has 3 N–H and O–H groups in total. The number of ether oxygens (including phenoxy) is 1. The maximum absolute atomic E-state index is 12.5. The van der Waals surface area contributed by atoms with E-state index in [4.69, 9.17) is 10.5 Å². The zero-order valence-corrected chi connectivity index (χ0v) is 14.8. The van der Waals surface area contributed by atoms with Gasteiger partial charge in [-0.05, 0) is 42.3 Å². The standard InChI is InChI=1S/C21H19N3O3/c1-2-14-6-5-13-23-19(14)15-9-11-16(12-10-15)20(25)24-17-7-3-4-8-18(17)27-21(22)26/h3-13H,2H2,1H3,(H2,22,26)(H,24,25). The number of pyridine rings is 1. The molecule has 3 aromatic rings. The van der Waals surface area contributed by atoms with Gasteiger partial charge in [0.1, 0.15) is 0 Å². The summed E-state index contributed by atoms with van der Waals surface area (Å²) in [4.78, 5) is 27.9. The molecule has 6 nitrogen and oxygen atoms in total. The Morgan fingerprint density at radius 3 is 2.48 bits per heavy atom. The van der Waals surface area contributed by atoms with Gasteiger partial charge in [0.15, 0.2) is 5.75 Å². The van der Waals surface area contributed by atoms with Crippen LogP contribution in [0.4, 0.5) is 10.5 Å². The van der Waals surface area contributed by atoms with Gasteiger partial charge in [0.25, 0.3) is 5.91 Å². The molecule has 0 saturated heterocycles. The van der Waals surface area contributed by atoms with E-state index in [0.29, 0.717) is 11.3 Å². The zero-order valence-electron chi connectivity index (χ0n) is 14.8. The molecule has 136 valence electrons. The van der Waals surface area contributed by atoms with E-state index in [1.165, 1.54) is 0 Å². The number of nitrogens with two attached hydrogens (primary N) is 1. The fourth-order valence-electron chi connectivity index (χ4n) is 2.73. The second-order valence-corrected chi connectivity index (χ2v) is 5.81. The molecule has 2 aromatic carbocycles. The third-order valence-corrected chi connectivity index (χ3v) is 4.04. The van der Waals surface area contributed by atoms with Gasteiger partial charge in [-0.3, -0.25) is 9.78 Å². The van der Waals surface area contributed by atoms with E-state index in [1.807, 2.05) is 24.3 Å². The lowest BCUT2D eigenvalue weighted by Crippen LogP contribution is -2.18. The van der Waals surface area contributed by atoms with E-state index in [2.05, 4.69) is 17.2 Å². The number of carbonyl (C=O) groups excluding carboxylic acids is 2. The van der Waals surface area contributed by atoms with Crippen LogP contribution >= 0.6 is 0 Å². The Morgan fingerprint density at radius 1 is 1.04 bits per heavy atom. The highest BCUT2D eigenvalue weighted by Gasteiger charge is 2.12. The van der Waals surface area contributed by atoms with E-state index < -0.39 is 6.09 Å². The van der Waals surface area contributed by atoms with Gasteiger partial charge in [0.2, 0.25) is 0 Å². The smallest absolute Gasteiger partial charge is 0.408 e. The van der Waals surface area contributed by atoms with E-state index in [-0.39, 0.29) is 11.7 Å². The van der Waals surface area contributed by atoms with Gasteiger partial charge in [-0.15, -0.1) is 0 Å². The fraction of sp³-hybridized carbons (Fsp3) is 0.0952. The Balaban J connectivity index is 1.80. The molecule has 0 aliphatic carbocycles. The van der Waals surface area contributed by atoms with Crippen LogP contribution in [-0.2, 0) is 6.42 Å². The predicted octanol–water partition coefficient (Wildman–Crippen LogP) is 4.02. The summed E-state index contributed by atoms with van der Waals surface area (Å²) in [6.45, 7) is 2.08. The summed E-state index contributed by atoms with van der Waals surface area (Å²) in [7, 11) is 0. The summed E-state index contributed by atoms with van der Waals surface area (Å²) in [6.07, 6.45) is 1.69. The Kier molecular flexibility index (Phi) is 5.47. The summed E-state index contributed by atoms with van der Waals surface area (Å²) < 4.78 is 4.90. The molecule has 27 heavy (non-hydrogen) atoms. The van der Waals surface area contributed by atoms with Crippen LogP contribution in [0.3, 0.4) is 0 Å².